The molecule has 2 N–H and O–H groups in total. The van der Waals surface area contributed by atoms with Crippen molar-refractivity contribution in [1.29, 1.82) is 0 Å². The van der Waals surface area contributed by atoms with Gasteiger partial charge in [0.2, 0.25) is 0 Å². The molecule has 0 radical (unpaired) electrons. The minimum atomic E-state index is 0.697. The maximum Gasteiger partial charge on any atom is 0.142 e. The predicted octanol–water partition coefficient (Wildman–Crippen LogP) is 2.19. The molecule has 0 saturated heterocycles. The summed E-state index contributed by atoms with van der Waals surface area (Å²) < 4.78 is 6.22. The van der Waals surface area contributed by atoms with Gasteiger partial charge in [0, 0.05) is 3.57 Å². The predicted molar refractivity (Wildman–Crippen MR) is 54.9 cm³/mol. The molecule has 0 aromatic heterocycles. The zero-order valence-electron chi connectivity index (χ0n) is 6.52. The first-order valence-electron chi connectivity index (χ1n) is 3.24. The van der Waals surface area contributed by atoms with Crippen LogP contribution in [-0.4, -0.2) is 7.11 Å². The zero-order chi connectivity index (χ0) is 8.43. The molecule has 0 saturated carbocycles. The summed E-state index contributed by atoms with van der Waals surface area (Å²) in [6.45, 7) is 2.03. The second kappa shape index (κ2) is 3.30. The molecule has 0 aliphatic rings. The second-order valence-corrected chi connectivity index (χ2v) is 3.51. The fourth-order valence-electron chi connectivity index (χ4n) is 0.847. The van der Waals surface area contributed by atoms with E-state index in [9.17, 15) is 0 Å². The number of hydrogen-bond acceptors (Lipinski definition) is 2. The zero-order valence-corrected chi connectivity index (χ0v) is 8.68. The van der Waals surface area contributed by atoms with Crippen LogP contribution in [0.25, 0.3) is 0 Å². The molecule has 0 atom stereocenters. The van der Waals surface area contributed by atoms with Gasteiger partial charge in [-0.15, -0.1) is 0 Å². The molecular formula is C8H10INO. The molecule has 3 heteroatoms. The first kappa shape index (κ1) is 8.64. The highest BCUT2D eigenvalue weighted by Gasteiger charge is 2.01. The summed E-state index contributed by atoms with van der Waals surface area (Å²) in [7, 11) is 1.62. The van der Waals surface area contributed by atoms with Crippen LogP contribution >= 0.6 is 22.6 Å². The summed E-state index contributed by atoms with van der Waals surface area (Å²) in [4.78, 5) is 0. The first-order valence-corrected chi connectivity index (χ1v) is 4.32. The van der Waals surface area contributed by atoms with Crippen LogP contribution in [0.1, 0.15) is 5.56 Å². The summed E-state index contributed by atoms with van der Waals surface area (Å²) in [6, 6.07) is 3.85. The minimum absolute atomic E-state index is 0.697. The summed E-state index contributed by atoms with van der Waals surface area (Å²) in [5.41, 5.74) is 7.56. The number of benzene rings is 1. The van der Waals surface area contributed by atoms with E-state index in [2.05, 4.69) is 22.6 Å². The topological polar surface area (TPSA) is 35.2 Å². The molecule has 0 fully saturated rings. The Morgan fingerprint density at radius 1 is 1.45 bits per heavy atom. The summed E-state index contributed by atoms with van der Waals surface area (Å²) in [6.07, 6.45) is 0. The van der Waals surface area contributed by atoms with Crippen LogP contribution in [0.2, 0.25) is 0 Å². The molecule has 0 bridgehead atoms. The highest BCUT2D eigenvalue weighted by atomic mass is 127. The standard InChI is InChI=1S/C8H10INO/c1-5-3-8(11-2)7(10)4-6(5)9/h3-4H,10H2,1-2H3. The number of aryl methyl sites for hydroxylation is 1. The second-order valence-electron chi connectivity index (χ2n) is 2.34. The van der Waals surface area contributed by atoms with Gasteiger partial charge in [-0.25, -0.2) is 0 Å². The van der Waals surface area contributed by atoms with Crippen LogP contribution in [0.5, 0.6) is 5.75 Å². The van der Waals surface area contributed by atoms with Crippen LogP contribution in [0.3, 0.4) is 0 Å². The average molecular weight is 263 g/mol. The first-order chi connectivity index (χ1) is 5.15. The Kier molecular flexibility index (Phi) is 2.59. The van der Waals surface area contributed by atoms with Gasteiger partial charge >= 0.3 is 0 Å². The fourth-order valence-corrected chi connectivity index (χ4v) is 1.34. The lowest BCUT2D eigenvalue weighted by molar-refractivity contribution is 0.416. The number of rotatable bonds is 1. The van der Waals surface area contributed by atoms with Crippen LogP contribution in [0.4, 0.5) is 5.69 Å². The van der Waals surface area contributed by atoms with Crippen LogP contribution in [0, 0.1) is 10.5 Å². The molecule has 0 aliphatic heterocycles. The maximum atomic E-state index is 5.67. The van der Waals surface area contributed by atoms with Crippen molar-refractivity contribution in [2.75, 3.05) is 12.8 Å². The van der Waals surface area contributed by atoms with E-state index in [0.717, 1.165) is 5.75 Å². The monoisotopic (exact) mass is 263 g/mol. The van der Waals surface area contributed by atoms with Gasteiger partial charge in [-0.3, -0.25) is 0 Å². The SMILES string of the molecule is COc1cc(C)c(I)cc1N. The van der Waals surface area contributed by atoms with E-state index in [1.165, 1.54) is 9.13 Å². The molecule has 2 nitrogen and oxygen atoms in total. The molecule has 1 rings (SSSR count). The Balaban J connectivity index is 3.21. The third-order valence-corrected chi connectivity index (χ3v) is 2.67. The molecule has 60 valence electrons. The highest BCUT2D eigenvalue weighted by molar-refractivity contribution is 14.1. The number of nitrogens with two attached hydrogens (primary N) is 1. The number of hydrogen-bond donors (Lipinski definition) is 1. The quantitative estimate of drug-likeness (QED) is 0.622. The van der Waals surface area contributed by atoms with Gasteiger partial charge in [0.1, 0.15) is 5.75 Å². The van der Waals surface area contributed by atoms with Crippen LogP contribution in [-0.2, 0) is 0 Å². The van der Waals surface area contributed by atoms with E-state index in [-0.39, 0.29) is 0 Å². The van der Waals surface area contributed by atoms with E-state index < -0.39 is 0 Å². The summed E-state index contributed by atoms with van der Waals surface area (Å²) >= 11 is 2.25. The van der Waals surface area contributed by atoms with Crippen molar-refractivity contribution in [3.63, 3.8) is 0 Å². The lowest BCUT2D eigenvalue weighted by Crippen LogP contribution is -1.94. The summed E-state index contributed by atoms with van der Waals surface area (Å²) in [5.74, 6) is 0.753. The lowest BCUT2D eigenvalue weighted by atomic mass is 10.2. The molecule has 0 heterocycles. The normalized spacial score (nSPS) is 9.73. The average Bonchev–Trinajstić information content (AvgIpc) is 1.97. The molecule has 1 aromatic carbocycles. The van der Waals surface area contributed by atoms with Crippen LogP contribution < -0.4 is 10.5 Å². The van der Waals surface area contributed by atoms with Crippen molar-refractivity contribution in [3.05, 3.63) is 21.3 Å². The van der Waals surface area contributed by atoms with Crippen LogP contribution in [0.15, 0.2) is 12.1 Å². The Bertz CT molecular complexity index is 273. The van der Waals surface area contributed by atoms with E-state index in [1.807, 2.05) is 19.1 Å². The molecule has 0 unspecified atom stereocenters. The lowest BCUT2D eigenvalue weighted by Gasteiger charge is -2.06. The molecular weight excluding hydrogens is 253 g/mol. The minimum Gasteiger partial charge on any atom is -0.495 e. The number of halogens is 1. The Hall–Kier alpha value is -0.450. The Labute approximate surface area is 79.9 Å². The molecule has 0 spiro atoms. The maximum absolute atomic E-state index is 5.67. The van der Waals surface area contributed by atoms with Gasteiger partial charge in [0.05, 0.1) is 12.8 Å². The number of methoxy groups -OCH3 is 1. The summed E-state index contributed by atoms with van der Waals surface area (Å²) in [5, 5.41) is 0. The third kappa shape index (κ3) is 1.77. The third-order valence-electron chi connectivity index (χ3n) is 1.51. The molecule has 0 aliphatic carbocycles. The Morgan fingerprint density at radius 2 is 2.09 bits per heavy atom. The molecule has 0 amide bonds. The highest BCUT2D eigenvalue weighted by Crippen LogP contribution is 2.25. The van der Waals surface area contributed by atoms with Crippen molar-refractivity contribution in [2.45, 2.75) is 6.92 Å². The van der Waals surface area contributed by atoms with Gasteiger partial charge in [-0.05, 0) is 47.2 Å². The largest absolute Gasteiger partial charge is 0.495 e. The van der Waals surface area contributed by atoms with Gasteiger partial charge in [-0.2, -0.15) is 0 Å². The van der Waals surface area contributed by atoms with Crippen molar-refractivity contribution >= 4 is 28.3 Å². The van der Waals surface area contributed by atoms with Gasteiger partial charge in [0.15, 0.2) is 0 Å². The van der Waals surface area contributed by atoms with Crippen molar-refractivity contribution < 1.29 is 4.74 Å². The number of anilines is 1. The van der Waals surface area contributed by atoms with E-state index in [4.69, 9.17) is 10.5 Å². The van der Waals surface area contributed by atoms with E-state index >= 15 is 0 Å². The van der Waals surface area contributed by atoms with Gasteiger partial charge in [-0.1, -0.05) is 0 Å². The van der Waals surface area contributed by atoms with Crippen molar-refractivity contribution in [2.24, 2.45) is 0 Å². The number of ether oxygens (including phenoxy) is 1. The van der Waals surface area contributed by atoms with Crippen molar-refractivity contribution in [1.82, 2.24) is 0 Å². The molecule has 11 heavy (non-hydrogen) atoms. The fraction of sp³-hybridized carbons (Fsp3) is 0.250. The Morgan fingerprint density at radius 3 is 2.64 bits per heavy atom. The van der Waals surface area contributed by atoms with E-state index in [0.29, 0.717) is 5.69 Å². The smallest absolute Gasteiger partial charge is 0.142 e. The van der Waals surface area contributed by atoms with Crippen molar-refractivity contribution in [3.8, 4) is 5.75 Å². The molecule has 1 aromatic rings. The van der Waals surface area contributed by atoms with Gasteiger partial charge in [0.25, 0.3) is 0 Å². The number of nitrogen functional groups attached to an aromatic ring is 1. The van der Waals surface area contributed by atoms with Gasteiger partial charge < -0.3 is 10.5 Å². The van der Waals surface area contributed by atoms with E-state index in [1.54, 1.807) is 7.11 Å².